The molecule has 1 aromatic heterocycles. The Morgan fingerprint density at radius 3 is 2.37 bits per heavy atom. The summed E-state index contributed by atoms with van der Waals surface area (Å²) in [5, 5.41) is 41.2. The molecule has 4 N–H and O–H groups in total. The Balaban J connectivity index is 1.27. The first-order valence-electron chi connectivity index (χ1n) is 16.2. The van der Waals surface area contributed by atoms with Crippen molar-refractivity contribution in [2.24, 2.45) is 0 Å². The maximum atomic E-state index is 13.3. The Bertz CT molecular complexity index is 1810. The van der Waals surface area contributed by atoms with Gasteiger partial charge in [0.25, 0.3) is 0 Å². The fraction of sp³-hybridized carbons (Fsp3) is 0.378. The van der Waals surface area contributed by atoms with Gasteiger partial charge in [-0.15, -0.1) is 0 Å². The van der Waals surface area contributed by atoms with Gasteiger partial charge in [-0.05, 0) is 48.2 Å². The van der Waals surface area contributed by atoms with Crippen molar-refractivity contribution in [3.63, 3.8) is 0 Å². The summed E-state index contributed by atoms with van der Waals surface area (Å²) in [6, 6.07) is 20.7. The summed E-state index contributed by atoms with van der Waals surface area (Å²) >= 11 is 0. The first-order valence-corrected chi connectivity index (χ1v) is 16.2. The number of phenols is 1. The maximum absolute atomic E-state index is 13.3. The van der Waals surface area contributed by atoms with E-state index in [2.05, 4.69) is 12.1 Å². The van der Waals surface area contributed by atoms with Gasteiger partial charge in [0.15, 0.2) is 5.43 Å². The number of esters is 1. The van der Waals surface area contributed by atoms with E-state index in [1.807, 2.05) is 18.2 Å². The molecule has 4 aromatic rings. The second-order valence-corrected chi connectivity index (χ2v) is 12.6. The third kappa shape index (κ3) is 7.62. The number of carbonyl (C=O) groups is 2. The lowest BCUT2D eigenvalue weighted by atomic mass is 9.70. The van der Waals surface area contributed by atoms with Crippen molar-refractivity contribution in [1.29, 1.82) is 0 Å². The largest absolute Gasteiger partial charge is 0.508 e. The Morgan fingerprint density at radius 2 is 1.65 bits per heavy atom. The maximum Gasteiger partial charge on any atom is 0.317 e. The minimum Gasteiger partial charge on any atom is -0.508 e. The van der Waals surface area contributed by atoms with Crippen LogP contribution in [0, 0.1) is 0 Å². The predicted molar refractivity (Wildman–Crippen MR) is 175 cm³/mol. The van der Waals surface area contributed by atoms with Gasteiger partial charge >= 0.3 is 11.9 Å². The minimum atomic E-state index is -1.56. The number of hydrogen-bond donors (Lipinski definition) is 4. The minimum absolute atomic E-state index is 0.0650. The third-order valence-corrected chi connectivity index (χ3v) is 9.27. The average molecular weight is 675 g/mol. The second kappa shape index (κ2) is 14.8. The molecule has 3 aromatic carbocycles. The number of carbonyl (C=O) groups excluding carboxylic acids is 1. The molecule has 6 rings (SSSR count). The summed E-state index contributed by atoms with van der Waals surface area (Å²) in [7, 11) is 0. The lowest BCUT2D eigenvalue weighted by Crippen LogP contribution is -2.61. The molecule has 49 heavy (non-hydrogen) atoms. The first kappa shape index (κ1) is 34.1. The summed E-state index contributed by atoms with van der Waals surface area (Å²) in [6.07, 6.45) is -1.60. The molecule has 2 heterocycles. The zero-order valence-corrected chi connectivity index (χ0v) is 26.6. The van der Waals surface area contributed by atoms with Crippen LogP contribution in [0.5, 0.6) is 11.5 Å². The number of benzene rings is 3. The summed E-state index contributed by atoms with van der Waals surface area (Å²) < 4.78 is 29.5. The van der Waals surface area contributed by atoms with Crippen LogP contribution in [-0.2, 0) is 29.2 Å². The van der Waals surface area contributed by atoms with Crippen molar-refractivity contribution in [2.45, 2.75) is 74.6 Å². The van der Waals surface area contributed by atoms with Crippen LogP contribution in [-0.4, -0.2) is 76.3 Å². The van der Waals surface area contributed by atoms with E-state index in [0.717, 1.165) is 37.7 Å². The standard InChI is InChI=1S/C37H38O12/c38-24-11-9-22(10-12-24)27-19-45-28-17-25(13-14-26(28)32(27)42)48-36-35(34(44)33(43)29(49-36)20-46-31(41)18-30(39)40)47-21-37(15-5-2-6-16-37)23-7-3-1-4-8-23/h1,3-4,7-14,17,19,29,33-36,38,43-44H,2,5-6,15-16,18,20-21H2,(H,39,40)/t29-,33-,34+,35-,36-/m0/s1. The molecule has 0 amide bonds. The molecular weight excluding hydrogens is 636 g/mol. The molecule has 12 heteroatoms. The van der Waals surface area contributed by atoms with Crippen LogP contribution in [0.1, 0.15) is 44.1 Å². The lowest BCUT2D eigenvalue weighted by Gasteiger charge is -2.44. The average Bonchev–Trinajstić information content (AvgIpc) is 3.10. The number of carboxylic acids is 1. The fourth-order valence-corrected chi connectivity index (χ4v) is 6.61. The summed E-state index contributed by atoms with van der Waals surface area (Å²) in [6.45, 7) is -0.336. The van der Waals surface area contributed by atoms with Gasteiger partial charge in [-0.25, -0.2) is 0 Å². The van der Waals surface area contributed by atoms with Gasteiger partial charge < -0.3 is 43.8 Å². The van der Waals surface area contributed by atoms with Gasteiger partial charge in [-0.1, -0.05) is 61.7 Å². The predicted octanol–water partition coefficient (Wildman–Crippen LogP) is 4.30. The number of rotatable bonds is 11. The van der Waals surface area contributed by atoms with Crippen molar-refractivity contribution in [1.82, 2.24) is 0 Å². The third-order valence-electron chi connectivity index (χ3n) is 9.27. The molecule has 0 bridgehead atoms. The van der Waals surface area contributed by atoms with Crippen molar-refractivity contribution >= 4 is 22.9 Å². The SMILES string of the molecule is O=C(O)CC(=O)OC[C@@H]1O[C@H](Oc2ccc3c(=O)c(-c4ccc(O)cc4)coc3c2)[C@@H](OCC2(c3ccccc3)CCCCC2)[C@H](O)[C@H]1O. The molecule has 5 atom stereocenters. The molecule has 1 saturated carbocycles. The number of phenolic OH excluding ortho intramolecular Hbond substituents is 1. The Kier molecular flexibility index (Phi) is 10.3. The molecule has 1 saturated heterocycles. The van der Waals surface area contributed by atoms with E-state index in [4.69, 9.17) is 28.5 Å². The van der Waals surface area contributed by atoms with Crippen LogP contribution >= 0.6 is 0 Å². The van der Waals surface area contributed by atoms with Crippen molar-refractivity contribution in [2.75, 3.05) is 13.2 Å². The fourth-order valence-electron chi connectivity index (χ4n) is 6.61. The zero-order valence-electron chi connectivity index (χ0n) is 26.6. The van der Waals surface area contributed by atoms with Crippen molar-refractivity contribution < 1.29 is 53.4 Å². The Hall–Kier alpha value is -4.75. The summed E-state index contributed by atoms with van der Waals surface area (Å²) in [5.74, 6) is -2.15. The van der Waals surface area contributed by atoms with E-state index in [1.54, 1.807) is 12.1 Å². The van der Waals surface area contributed by atoms with Gasteiger partial charge in [0, 0.05) is 11.5 Å². The summed E-state index contributed by atoms with van der Waals surface area (Å²) in [5.41, 5.74) is 1.56. The summed E-state index contributed by atoms with van der Waals surface area (Å²) in [4.78, 5) is 36.2. The van der Waals surface area contributed by atoms with E-state index in [9.17, 15) is 29.7 Å². The van der Waals surface area contributed by atoms with Crippen molar-refractivity contribution in [3.05, 3.63) is 94.8 Å². The number of fused-ring (bicyclic) bond motifs is 1. The van der Waals surface area contributed by atoms with Crippen LogP contribution in [0.15, 0.2) is 88.3 Å². The van der Waals surface area contributed by atoms with Crippen LogP contribution < -0.4 is 10.2 Å². The van der Waals surface area contributed by atoms with Gasteiger partial charge in [0.1, 0.15) is 60.8 Å². The van der Waals surface area contributed by atoms with Crippen LogP contribution in [0.3, 0.4) is 0 Å². The molecular formula is C37H38O12. The van der Waals surface area contributed by atoms with Gasteiger partial charge in [-0.2, -0.15) is 0 Å². The Morgan fingerprint density at radius 1 is 0.918 bits per heavy atom. The number of aliphatic hydroxyl groups excluding tert-OH is 2. The molecule has 2 fully saturated rings. The number of carboxylic acid groups (broad SMARTS) is 1. The quantitative estimate of drug-likeness (QED) is 0.131. The highest BCUT2D eigenvalue weighted by atomic mass is 16.7. The molecule has 1 aliphatic carbocycles. The van der Waals surface area contributed by atoms with Gasteiger partial charge in [0.05, 0.1) is 17.6 Å². The van der Waals surface area contributed by atoms with E-state index < -0.39 is 55.7 Å². The van der Waals surface area contributed by atoms with Gasteiger partial charge in [-0.3, -0.25) is 14.4 Å². The number of aliphatic hydroxyl groups is 2. The molecule has 1 aliphatic heterocycles. The molecule has 0 unspecified atom stereocenters. The smallest absolute Gasteiger partial charge is 0.317 e. The number of ether oxygens (including phenoxy) is 4. The normalized spacial score (nSPS) is 23.5. The number of aliphatic carboxylic acids is 1. The van der Waals surface area contributed by atoms with E-state index >= 15 is 0 Å². The molecule has 0 spiro atoms. The van der Waals surface area contributed by atoms with E-state index in [-0.39, 0.29) is 39.9 Å². The molecule has 12 nitrogen and oxygen atoms in total. The molecule has 0 radical (unpaired) electrons. The lowest BCUT2D eigenvalue weighted by molar-refractivity contribution is -0.291. The van der Waals surface area contributed by atoms with Crippen LogP contribution in [0.25, 0.3) is 22.1 Å². The Labute approximate surface area is 281 Å². The number of aromatic hydroxyl groups is 1. The highest BCUT2D eigenvalue weighted by Gasteiger charge is 2.48. The topological polar surface area (TPSA) is 182 Å². The van der Waals surface area contributed by atoms with E-state index in [1.165, 1.54) is 36.6 Å². The van der Waals surface area contributed by atoms with Crippen LogP contribution in [0.2, 0.25) is 0 Å². The molecule has 2 aliphatic rings. The van der Waals surface area contributed by atoms with Crippen LogP contribution in [0.4, 0.5) is 0 Å². The van der Waals surface area contributed by atoms with Crippen molar-refractivity contribution in [3.8, 4) is 22.6 Å². The highest BCUT2D eigenvalue weighted by molar-refractivity contribution is 5.90. The second-order valence-electron chi connectivity index (χ2n) is 12.6. The first-order chi connectivity index (χ1) is 23.6. The monoisotopic (exact) mass is 674 g/mol. The number of hydrogen-bond acceptors (Lipinski definition) is 11. The zero-order chi connectivity index (χ0) is 34.5. The van der Waals surface area contributed by atoms with Gasteiger partial charge in [0.2, 0.25) is 6.29 Å². The highest BCUT2D eigenvalue weighted by Crippen LogP contribution is 2.41. The molecule has 258 valence electrons. The van der Waals surface area contributed by atoms with E-state index in [0.29, 0.717) is 11.1 Å².